The largest absolute Gasteiger partial charge is 0.460 e. The van der Waals surface area contributed by atoms with Gasteiger partial charge >= 0.3 is 0 Å². The fraction of sp³-hybridized carbons (Fsp3) is 0.0833. The Morgan fingerprint density at radius 3 is 1.96 bits per heavy atom. The summed E-state index contributed by atoms with van der Waals surface area (Å²) in [7, 11) is 0. The molecule has 1 aliphatic rings. The number of carbonyl (C=O) groups excluding carboxylic acids is 1. The molecule has 1 amide bonds. The first-order valence-corrected chi connectivity index (χ1v) is 9.52. The molecule has 0 aromatic heterocycles. The van der Waals surface area contributed by atoms with Gasteiger partial charge in [-0.1, -0.05) is 91.0 Å². The van der Waals surface area contributed by atoms with E-state index in [1.807, 2.05) is 91.0 Å². The van der Waals surface area contributed by atoms with Crippen LogP contribution in [-0.4, -0.2) is 16.0 Å². The molecule has 0 N–H and O–H groups in total. The van der Waals surface area contributed by atoms with Crippen LogP contribution in [-0.2, 0) is 9.53 Å². The molecule has 3 nitrogen and oxygen atoms in total. The molecular formula is C24H19NO2S. The van der Waals surface area contributed by atoms with Crippen molar-refractivity contribution in [2.75, 3.05) is 0 Å². The summed E-state index contributed by atoms with van der Waals surface area (Å²) >= 11 is 5.45. The molecule has 1 fully saturated rings. The van der Waals surface area contributed by atoms with Crippen molar-refractivity contribution in [3.05, 3.63) is 114 Å². The summed E-state index contributed by atoms with van der Waals surface area (Å²) in [4.78, 5) is 14.6. The maximum absolute atomic E-state index is 13.1. The summed E-state index contributed by atoms with van der Waals surface area (Å²) < 4.78 is 6.00. The third kappa shape index (κ3) is 3.73. The van der Waals surface area contributed by atoms with Crippen molar-refractivity contribution in [3.8, 4) is 0 Å². The van der Waals surface area contributed by atoms with Crippen molar-refractivity contribution in [2.24, 2.45) is 0 Å². The van der Waals surface area contributed by atoms with Gasteiger partial charge in [0.05, 0.1) is 0 Å². The zero-order chi connectivity index (χ0) is 19.3. The molecule has 4 rings (SSSR count). The van der Waals surface area contributed by atoms with Gasteiger partial charge in [0.25, 0.3) is 11.1 Å². The lowest BCUT2D eigenvalue weighted by molar-refractivity contribution is -0.123. The van der Waals surface area contributed by atoms with Gasteiger partial charge in [0, 0.05) is 6.08 Å². The predicted octanol–water partition coefficient (Wildman–Crippen LogP) is 5.33. The molecule has 3 aromatic rings. The number of rotatable bonds is 4. The SMILES string of the molecule is O=C(/C=C/c1ccccc1)N1C(=S)O[C@H](c2ccccc2)[C@@H]1c1ccccc1. The van der Waals surface area contributed by atoms with E-state index in [-0.39, 0.29) is 23.2 Å². The van der Waals surface area contributed by atoms with Gasteiger partial charge in [-0.05, 0) is 35.0 Å². The average Bonchev–Trinajstić information content (AvgIpc) is 3.11. The maximum atomic E-state index is 13.1. The maximum Gasteiger partial charge on any atom is 0.267 e. The summed E-state index contributed by atoms with van der Waals surface area (Å²) in [5, 5.41) is 0.199. The number of benzene rings is 3. The number of carbonyl (C=O) groups is 1. The first-order chi connectivity index (χ1) is 13.7. The lowest BCUT2D eigenvalue weighted by atomic mass is 9.95. The Bertz CT molecular complexity index is 987. The van der Waals surface area contributed by atoms with Gasteiger partial charge in [0.1, 0.15) is 6.04 Å². The van der Waals surface area contributed by atoms with E-state index in [2.05, 4.69) is 0 Å². The normalized spacial score (nSPS) is 19.0. The fourth-order valence-corrected chi connectivity index (χ4v) is 3.69. The van der Waals surface area contributed by atoms with Gasteiger partial charge in [-0.3, -0.25) is 9.69 Å². The molecule has 0 aliphatic carbocycles. The molecule has 4 heteroatoms. The van der Waals surface area contributed by atoms with Crippen molar-refractivity contribution in [2.45, 2.75) is 12.1 Å². The lowest BCUT2D eigenvalue weighted by Gasteiger charge is -2.24. The van der Waals surface area contributed by atoms with E-state index in [1.165, 1.54) is 0 Å². The summed E-state index contributed by atoms with van der Waals surface area (Å²) in [5.41, 5.74) is 2.93. The van der Waals surface area contributed by atoms with E-state index >= 15 is 0 Å². The zero-order valence-corrected chi connectivity index (χ0v) is 16.0. The Morgan fingerprint density at radius 2 is 1.36 bits per heavy atom. The van der Waals surface area contributed by atoms with Gasteiger partial charge in [0.15, 0.2) is 6.10 Å². The van der Waals surface area contributed by atoms with Crippen molar-refractivity contribution in [1.29, 1.82) is 0 Å². The summed E-state index contributed by atoms with van der Waals surface area (Å²) in [6, 6.07) is 29.1. The molecule has 0 bridgehead atoms. The Morgan fingerprint density at radius 1 is 0.821 bits per heavy atom. The van der Waals surface area contributed by atoms with Crippen LogP contribution in [0, 0.1) is 0 Å². The molecule has 0 radical (unpaired) electrons. The molecular weight excluding hydrogens is 366 g/mol. The minimum absolute atomic E-state index is 0.193. The average molecular weight is 385 g/mol. The molecule has 138 valence electrons. The third-order valence-electron chi connectivity index (χ3n) is 4.71. The van der Waals surface area contributed by atoms with E-state index in [0.29, 0.717) is 0 Å². The fourth-order valence-electron chi connectivity index (χ4n) is 3.38. The van der Waals surface area contributed by atoms with Crippen LogP contribution >= 0.6 is 12.2 Å². The molecule has 1 aliphatic heterocycles. The summed E-state index contributed by atoms with van der Waals surface area (Å²) in [6.45, 7) is 0. The number of thiocarbonyl (C=S) groups is 1. The standard InChI is InChI=1S/C24H19NO2S/c26-21(17-16-18-10-4-1-5-11-18)25-22(19-12-6-2-7-13-19)23(27-24(25)28)20-14-8-3-9-15-20/h1-17,22-23H/b17-16+/t22-,23+/m0/s1. The van der Waals surface area contributed by atoms with Crippen molar-refractivity contribution in [1.82, 2.24) is 4.90 Å². The van der Waals surface area contributed by atoms with Crippen LogP contribution in [0.1, 0.15) is 28.8 Å². The van der Waals surface area contributed by atoms with Gasteiger partial charge < -0.3 is 4.74 Å². The van der Waals surface area contributed by atoms with Crippen LogP contribution in [0.5, 0.6) is 0 Å². The molecule has 1 heterocycles. The minimum Gasteiger partial charge on any atom is -0.460 e. The Hall–Kier alpha value is -3.24. The first kappa shape index (κ1) is 18.1. The summed E-state index contributed by atoms with van der Waals surface area (Å²) in [6.07, 6.45) is 3.00. The highest BCUT2D eigenvalue weighted by Gasteiger charge is 2.43. The topological polar surface area (TPSA) is 29.5 Å². The van der Waals surface area contributed by atoms with Crippen molar-refractivity contribution >= 4 is 29.4 Å². The lowest BCUT2D eigenvalue weighted by Crippen LogP contribution is -2.33. The number of ether oxygens (including phenoxy) is 1. The number of nitrogens with zero attached hydrogens (tertiary/aromatic N) is 1. The molecule has 0 spiro atoms. The molecule has 1 saturated heterocycles. The Kier molecular flexibility index (Phi) is 5.31. The monoisotopic (exact) mass is 385 g/mol. The number of hydrogen-bond acceptors (Lipinski definition) is 3. The third-order valence-corrected chi connectivity index (χ3v) is 5.01. The first-order valence-electron chi connectivity index (χ1n) is 9.11. The minimum atomic E-state index is -0.342. The molecule has 2 atom stereocenters. The van der Waals surface area contributed by atoms with Crippen LogP contribution in [0.15, 0.2) is 97.1 Å². The van der Waals surface area contributed by atoms with Gasteiger partial charge in [-0.25, -0.2) is 0 Å². The molecule has 28 heavy (non-hydrogen) atoms. The number of amides is 1. The second kappa shape index (κ2) is 8.19. The van der Waals surface area contributed by atoms with Crippen molar-refractivity contribution in [3.63, 3.8) is 0 Å². The van der Waals surface area contributed by atoms with E-state index in [1.54, 1.807) is 17.1 Å². The van der Waals surface area contributed by atoms with E-state index in [4.69, 9.17) is 17.0 Å². The second-order valence-corrected chi connectivity index (χ2v) is 6.87. The van der Waals surface area contributed by atoms with Gasteiger partial charge in [0.2, 0.25) is 0 Å². The highest BCUT2D eigenvalue weighted by molar-refractivity contribution is 7.80. The smallest absolute Gasteiger partial charge is 0.267 e. The Labute approximate surface area is 169 Å². The molecule has 3 aromatic carbocycles. The highest BCUT2D eigenvalue weighted by atomic mass is 32.1. The van der Waals surface area contributed by atoms with E-state index in [9.17, 15) is 4.79 Å². The van der Waals surface area contributed by atoms with Gasteiger partial charge in [-0.15, -0.1) is 0 Å². The quantitative estimate of drug-likeness (QED) is 0.449. The summed E-state index contributed by atoms with van der Waals surface area (Å²) in [5.74, 6) is -0.193. The van der Waals surface area contributed by atoms with Crippen LogP contribution in [0.3, 0.4) is 0 Å². The molecule has 0 saturated carbocycles. The van der Waals surface area contributed by atoms with Gasteiger partial charge in [-0.2, -0.15) is 0 Å². The van der Waals surface area contributed by atoms with Crippen LogP contribution in [0.2, 0.25) is 0 Å². The van der Waals surface area contributed by atoms with E-state index < -0.39 is 0 Å². The van der Waals surface area contributed by atoms with E-state index in [0.717, 1.165) is 16.7 Å². The Balaban J connectivity index is 1.69. The number of hydrogen-bond donors (Lipinski definition) is 0. The van der Waals surface area contributed by atoms with Crippen molar-refractivity contribution < 1.29 is 9.53 Å². The second-order valence-electron chi connectivity index (χ2n) is 6.52. The van der Waals surface area contributed by atoms with Crippen LogP contribution < -0.4 is 0 Å². The van der Waals surface area contributed by atoms with Crippen LogP contribution in [0.25, 0.3) is 6.08 Å². The molecule has 0 unspecified atom stereocenters. The van der Waals surface area contributed by atoms with Crippen LogP contribution in [0.4, 0.5) is 0 Å². The predicted molar refractivity (Wildman–Crippen MR) is 114 cm³/mol. The highest BCUT2D eigenvalue weighted by Crippen LogP contribution is 2.43. The zero-order valence-electron chi connectivity index (χ0n) is 15.1.